The third kappa shape index (κ3) is 3.66. The Morgan fingerprint density at radius 3 is 2.56 bits per heavy atom. The quantitative estimate of drug-likeness (QED) is 0.677. The summed E-state index contributed by atoms with van der Waals surface area (Å²) in [6.45, 7) is 2.83. The molecular weight excluding hydrogens is 360 g/mol. The highest BCUT2D eigenvalue weighted by molar-refractivity contribution is 7.10. The van der Waals surface area contributed by atoms with Crippen LogP contribution in [-0.2, 0) is 22.7 Å². The number of nitrogens with zero attached hydrogens (tertiary/aromatic N) is 2. The number of rotatable bonds is 5. The Bertz CT molecular complexity index is 917. The molecule has 0 N–H and O–H groups in total. The molecule has 6 heteroatoms. The fourth-order valence-corrected chi connectivity index (χ4v) is 4.13. The molecule has 2 aromatic heterocycles. The minimum Gasteiger partial charge on any atom is -0.467 e. The summed E-state index contributed by atoms with van der Waals surface area (Å²) in [6.07, 6.45) is 1.58. The van der Waals surface area contributed by atoms with Gasteiger partial charge in [-0.05, 0) is 36.1 Å². The first-order valence-electron chi connectivity index (χ1n) is 8.81. The molecule has 0 saturated carbocycles. The highest BCUT2D eigenvalue weighted by atomic mass is 32.1. The van der Waals surface area contributed by atoms with Gasteiger partial charge in [-0.2, -0.15) is 0 Å². The van der Waals surface area contributed by atoms with E-state index in [-0.39, 0.29) is 18.4 Å². The van der Waals surface area contributed by atoms with Crippen LogP contribution in [0.4, 0.5) is 0 Å². The highest BCUT2D eigenvalue weighted by Crippen LogP contribution is 2.32. The molecule has 0 aliphatic carbocycles. The maximum atomic E-state index is 13.3. The maximum Gasteiger partial charge on any atom is 0.251 e. The summed E-state index contributed by atoms with van der Waals surface area (Å²) in [5.74, 6) is 0.547. The van der Waals surface area contributed by atoms with E-state index in [1.54, 1.807) is 22.1 Å². The van der Waals surface area contributed by atoms with Crippen LogP contribution in [0, 0.1) is 6.92 Å². The third-order valence-corrected chi connectivity index (χ3v) is 5.64. The van der Waals surface area contributed by atoms with Gasteiger partial charge in [-0.3, -0.25) is 9.59 Å². The molecular formula is C21H20N2O3S. The maximum absolute atomic E-state index is 13.3. The normalized spacial score (nSPS) is 17.6. The van der Waals surface area contributed by atoms with E-state index in [0.29, 0.717) is 18.8 Å². The van der Waals surface area contributed by atoms with Gasteiger partial charge in [0.05, 0.1) is 12.8 Å². The molecule has 0 unspecified atom stereocenters. The lowest BCUT2D eigenvalue weighted by molar-refractivity contribution is -0.157. The van der Waals surface area contributed by atoms with E-state index in [4.69, 9.17) is 4.42 Å². The molecule has 1 aliphatic rings. The molecule has 3 heterocycles. The van der Waals surface area contributed by atoms with Crippen molar-refractivity contribution in [2.24, 2.45) is 0 Å². The molecule has 1 aromatic carbocycles. The molecule has 2 amide bonds. The minimum absolute atomic E-state index is 0.0517. The van der Waals surface area contributed by atoms with Crippen LogP contribution in [0.25, 0.3) is 0 Å². The fraction of sp³-hybridized carbons (Fsp3) is 0.238. The summed E-state index contributed by atoms with van der Waals surface area (Å²) in [5.41, 5.74) is 2.19. The van der Waals surface area contributed by atoms with Crippen LogP contribution in [-0.4, -0.2) is 28.2 Å². The zero-order valence-electron chi connectivity index (χ0n) is 15.0. The third-order valence-electron chi connectivity index (χ3n) is 4.72. The van der Waals surface area contributed by atoms with Crippen molar-refractivity contribution in [1.29, 1.82) is 0 Å². The van der Waals surface area contributed by atoms with E-state index in [1.807, 2.05) is 54.8 Å². The van der Waals surface area contributed by atoms with Gasteiger partial charge in [-0.1, -0.05) is 35.9 Å². The number of benzene rings is 1. The number of hydrogen-bond donors (Lipinski definition) is 0. The van der Waals surface area contributed by atoms with Crippen molar-refractivity contribution in [1.82, 2.24) is 9.80 Å². The fourth-order valence-electron chi connectivity index (χ4n) is 3.30. The van der Waals surface area contributed by atoms with E-state index in [0.717, 1.165) is 10.4 Å². The largest absolute Gasteiger partial charge is 0.467 e. The van der Waals surface area contributed by atoms with Crippen molar-refractivity contribution in [3.8, 4) is 0 Å². The monoisotopic (exact) mass is 380 g/mol. The van der Waals surface area contributed by atoms with Gasteiger partial charge in [0, 0.05) is 11.4 Å². The Kier molecular flexibility index (Phi) is 4.81. The summed E-state index contributed by atoms with van der Waals surface area (Å²) in [6, 6.07) is 14.9. The number of amides is 2. The van der Waals surface area contributed by atoms with Crippen LogP contribution in [0.1, 0.15) is 27.8 Å². The van der Waals surface area contributed by atoms with Gasteiger partial charge >= 0.3 is 0 Å². The number of carbonyl (C=O) groups excluding carboxylic acids is 2. The number of hydrogen-bond acceptors (Lipinski definition) is 4. The summed E-state index contributed by atoms with van der Waals surface area (Å²) in [4.78, 5) is 30.4. The van der Waals surface area contributed by atoms with E-state index in [1.165, 1.54) is 16.9 Å². The average molecular weight is 380 g/mol. The second-order valence-corrected chi connectivity index (χ2v) is 7.68. The predicted octanol–water partition coefficient (Wildman–Crippen LogP) is 3.76. The van der Waals surface area contributed by atoms with Gasteiger partial charge in [0.1, 0.15) is 18.3 Å². The van der Waals surface area contributed by atoms with Gasteiger partial charge in [0.25, 0.3) is 5.91 Å². The SMILES string of the molecule is Cc1ccc(CN2CC(=O)N(Cc3ccco3)[C@@H](c3cccs3)C2=O)cc1. The van der Waals surface area contributed by atoms with Gasteiger partial charge in [0.15, 0.2) is 0 Å². The van der Waals surface area contributed by atoms with Crippen molar-refractivity contribution in [2.75, 3.05) is 6.54 Å². The molecule has 1 saturated heterocycles. The van der Waals surface area contributed by atoms with Crippen molar-refractivity contribution < 1.29 is 14.0 Å². The van der Waals surface area contributed by atoms with Gasteiger partial charge in [0.2, 0.25) is 5.91 Å². The van der Waals surface area contributed by atoms with E-state index in [9.17, 15) is 9.59 Å². The van der Waals surface area contributed by atoms with Crippen LogP contribution >= 0.6 is 11.3 Å². The van der Waals surface area contributed by atoms with Gasteiger partial charge < -0.3 is 14.2 Å². The Hall–Kier alpha value is -2.86. The van der Waals surface area contributed by atoms with Crippen molar-refractivity contribution >= 4 is 23.2 Å². The molecule has 3 aromatic rings. The van der Waals surface area contributed by atoms with Crippen LogP contribution in [0.5, 0.6) is 0 Å². The van der Waals surface area contributed by atoms with Crippen LogP contribution < -0.4 is 0 Å². The molecule has 4 rings (SSSR count). The molecule has 0 radical (unpaired) electrons. The Balaban J connectivity index is 1.61. The summed E-state index contributed by atoms with van der Waals surface area (Å²) < 4.78 is 5.40. The highest BCUT2D eigenvalue weighted by Gasteiger charge is 2.41. The van der Waals surface area contributed by atoms with Crippen molar-refractivity contribution in [3.05, 3.63) is 81.9 Å². The van der Waals surface area contributed by atoms with Crippen molar-refractivity contribution in [2.45, 2.75) is 26.1 Å². The molecule has 5 nitrogen and oxygen atoms in total. The topological polar surface area (TPSA) is 53.8 Å². The van der Waals surface area contributed by atoms with E-state index >= 15 is 0 Å². The zero-order chi connectivity index (χ0) is 18.8. The molecule has 1 aliphatic heterocycles. The molecule has 27 heavy (non-hydrogen) atoms. The van der Waals surface area contributed by atoms with Gasteiger partial charge in [-0.15, -0.1) is 11.3 Å². The van der Waals surface area contributed by atoms with Crippen LogP contribution in [0.2, 0.25) is 0 Å². The van der Waals surface area contributed by atoms with Crippen molar-refractivity contribution in [3.63, 3.8) is 0 Å². The summed E-state index contributed by atoms with van der Waals surface area (Å²) in [5, 5.41) is 1.93. The van der Waals surface area contributed by atoms with Crippen LogP contribution in [0.15, 0.2) is 64.6 Å². The Morgan fingerprint density at radius 1 is 1.07 bits per heavy atom. The Labute approximate surface area is 161 Å². The Morgan fingerprint density at radius 2 is 1.89 bits per heavy atom. The molecule has 0 bridgehead atoms. The standard InChI is InChI=1S/C21H20N2O3S/c1-15-6-8-16(9-7-15)12-22-14-19(24)23(13-17-4-2-10-26-17)20(21(22)25)18-5-3-11-27-18/h2-11,20H,12-14H2,1H3/t20-/m0/s1. The van der Waals surface area contributed by atoms with E-state index < -0.39 is 6.04 Å². The summed E-state index contributed by atoms with van der Waals surface area (Å²) in [7, 11) is 0. The first kappa shape index (κ1) is 17.5. The first-order valence-corrected chi connectivity index (χ1v) is 9.69. The summed E-state index contributed by atoms with van der Waals surface area (Å²) >= 11 is 1.49. The number of carbonyl (C=O) groups is 2. The second-order valence-electron chi connectivity index (χ2n) is 6.70. The predicted molar refractivity (Wildman–Crippen MR) is 103 cm³/mol. The number of furan rings is 1. The smallest absolute Gasteiger partial charge is 0.251 e. The lowest BCUT2D eigenvalue weighted by atomic mass is 10.1. The average Bonchev–Trinajstić information content (AvgIpc) is 3.35. The molecule has 138 valence electrons. The number of thiophene rings is 1. The minimum atomic E-state index is -0.609. The van der Waals surface area contributed by atoms with E-state index in [2.05, 4.69) is 0 Å². The number of aryl methyl sites for hydroxylation is 1. The zero-order valence-corrected chi connectivity index (χ0v) is 15.8. The lowest BCUT2D eigenvalue weighted by Gasteiger charge is -2.39. The van der Waals surface area contributed by atoms with Gasteiger partial charge in [-0.25, -0.2) is 0 Å². The molecule has 1 atom stereocenters. The first-order chi connectivity index (χ1) is 13.1. The lowest BCUT2D eigenvalue weighted by Crippen LogP contribution is -2.54. The molecule has 0 spiro atoms. The van der Waals surface area contributed by atoms with Crippen LogP contribution in [0.3, 0.4) is 0 Å². The molecule has 1 fully saturated rings. The second kappa shape index (κ2) is 7.40. The number of piperazine rings is 1.